The number of amides is 1. The number of aromatic nitrogens is 2. The van der Waals surface area contributed by atoms with E-state index in [9.17, 15) is 9.59 Å². The molecule has 6 nitrogen and oxygen atoms in total. The van der Waals surface area contributed by atoms with E-state index in [1.807, 2.05) is 4.90 Å². The lowest BCUT2D eigenvalue weighted by molar-refractivity contribution is -0.122. The molecule has 1 unspecified atom stereocenters. The summed E-state index contributed by atoms with van der Waals surface area (Å²) in [4.78, 5) is 25.5. The first-order valence-electron chi connectivity index (χ1n) is 6.47. The fourth-order valence-electron chi connectivity index (χ4n) is 2.43. The molecule has 2 aliphatic rings. The molecule has 1 aliphatic heterocycles. The molecule has 102 valence electrons. The zero-order valence-corrected chi connectivity index (χ0v) is 11.1. The highest BCUT2D eigenvalue weighted by Gasteiger charge is 2.35. The number of rotatable bonds is 3. The summed E-state index contributed by atoms with van der Waals surface area (Å²) in [5.41, 5.74) is 0.117. The van der Waals surface area contributed by atoms with Gasteiger partial charge in [0.25, 0.3) is 5.56 Å². The number of aromatic amines is 1. The summed E-state index contributed by atoms with van der Waals surface area (Å²) < 4.78 is 0. The van der Waals surface area contributed by atoms with Crippen LogP contribution in [0.3, 0.4) is 0 Å². The van der Waals surface area contributed by atoms with Gasteiger partial charge in [0, 0.05) is 12.6 Å². The summed E-state index contributed by atoms with van der Waals surface area (Å²) in [6.45, 7) is 0.716. The first-order valence-corrected chi connectivity index (χ1v) is 6.85. The van der Waals surface area contributed by atoms with Crippen molar-refractivity contribution >= 4 is 23.2 Å². The first kappa shape index (κ1) is 12.5. The second kappa shape index (κ2) is 4.85. The van der Waals surface area contributed by atoms with Gasteiger partial charge >= 0.3 is 0 Å². The van der Waals surface area contributed by atoms with Gasteiger partial charge < -0.3 is 10.2 Å². The van der Waals surface area contributed by atoms with Crippen molar-refractivity contribution in [2.45, 2.75) is 37.8 Å². The summed E-state index contributed by atoms with van der Waals surface area (Å²) in [5.74, 6) is 0.0244. The second-order valence-corrected chi connectivity index (χ2v) is 5.41. The van der Waals surface area contributed by atoms with Gasteiger partial charge in [0.1, 0.15) is 11.1 Å². The molecule has 19 heavy (non-hydrogen) atoms. The summed E-state index contributed by atoms with van der Waals surface area (Å²) >= 11 is 6.00. The monoisotopic (exact) mass is 282 g/mol. The van der Waals surface area contributed by atoms with Gasteiger partial charge in [-0.3, -0.25) is 9.59 Å². The van der Waals surface area contributed by atoms with Crippen LogP contribution in [0, 0.1) is 0 Å². The Morgan fingerprint density at radius 3 is 3.00 bits per heavy atom. The van der Waals surface area contributed by atoms with Crippen molar-refractivity contribution in [3.8, 4) is 0 Å². The molecule has 0 radical (unpaired) electrons. The Hall–Kier alpha value is -1.56. The van der Waals surface area contributed by atoms with Crippen LogP contribution in [0.25, 0.3) is 0 Å². The van der Waals surface area contributed by atoms with Gasteiger partial charge in [-0.05, 0) is 25.7 Å². The van der Waals surface area contributed by atoms with Crippen LogP contribution < -0.4 is 15.8 Å². The molecule has 1 amide bonds. The molecule has 1 saturated carbocycles. The molecule has 3 rings (SSSR count). The van der Waals surface area contributed by atoms with Crippen LogP contribution in [0.5, 0.6) is 0 Å². The average molecular weight is 283 g/mol. The summed E-state index contributed by atoms with van der Waals surface area (Å²) in [7, 11) is 0. The van der Waals surface area contributed by atoms with Crippen molar-refractivity contribution in [2.75, 3.05) is 11.4 Å². The van der Waals surface area contributed by atoms with Crippen LogP contribution in [0.15, 0.2) is 11.0 Å². The van der Waals surface area contributed by atoms with Gasteiger partial charge in [0.05, 0.1) is 11.9 Å². The van der Waals surface area contributed by atoms with Crippen LogP contribution in [-0.4, -0.2) is 34.7 Å². The lowest BCUT2D eigenvalue weighted by atomic mass is 10.2. The number of hydrogen-bond donors (Lipinski definition) is 2. The van der Waals surface area contributed by atoms with Crippen molar-refractivity contribution in [2.24, 2.45) is 0 Å². The van der Waals surface area contributed by atoms with Crippen molar-refractivity contribution in [3.05, 3.63) is 21.6 Å². The normalized spacial score (nSPS) is 22.6. The fourth-order valence-corrected chi connectivity index (χ4v) is 2.63. The topological polar surface area (TPSA) is 78.1 Å². The first-order chi connectivity index (χ1) is 9.16. The van der Waals surface area contributed by atoms with Crippen molar-refractivity contribution in [1.29, 1.82) is 0 Å². The Balaban J connectivity index is 1.83. The van der Waals surface area contributed by atoms with Crippen molar-refractivity contribution in [1.82, 2.24) is 15.5 Å². The molecule has 2 N–H and O–H groups in total. The minimum Gasteiger partial charge on any atom is -0.357 e. The summed E-state index contributed by atoms with van der Waals surface area (Å²) in [6.07, 6.45) is 5.32. The van der Waals surface area contributed by atoms with Crippen LogP contribution in [-0.2, 0) is 4.79 Å². The van der Waals surface area contributed by atoms with Crippen LogP contribution in [0.4, 0.5) is 5.69 Å². The van der Waals surface area contributed by atoms with Crippen LogP contribution >= 0.6 is 11.6 Å². The fraction of sp³-hybridized carbons (Fsp3) is 0.583. The number of anilines is 1. The SMILES string of the molecule is O=C(NC1CC1)C1CCCN1c1cn[nH]c(=O)c1Cl. The largest absolute Gasteiger partial charge is 0.357 e. The van der Waals surface area contributed by atoms with Gasteiger partial charge in [-0.1, -0.05) is 11.6 Å². The lowest BCUT2D eigenvalue weighted by Crippen LogP contribution is -2.44. The maximum Gasteiger partial charge on any atom is 0.285 e. The minimum absolute atomic E-state index is 0.0244. The van der Waals surface area contributed by atoms with Gasteiger partial charge in [-0.25, -0.2) is 5.10 Å². The van der Waals surface area contributed by atoms with Gasteiger partial charge in [-0.15, -0.1) is 0 Å². The second-order valence-electron chi connectivity index (χ2n) is 5.03. The number of H-pyrrole nitrogens is 1. The van der Waals surface area contributed by atoms with E-state index in [0.717, 1.165) is 25.7 Å². The molecule has 0 aromatic carbocycles. The predicted molar refractivity (Wildman–Crippen MR) is 71.4 cm³/mol. The van der Waals surface area contributed by atoms with E-state index in [1.54, 1.807) is 0 Å². The zero-order chi connectivity index (χ0) is 13.4. The average Bonchev–Trinajstić information content (AvgIpc) is 3.06. The third-order valence-corrected chi connectivity index (χ3v) is 3.93. The highest BCUT2D eigenvalue weighted by atomic mass is 35.5. The Kier molecular flexibility index (Phi) is 3.18. The molecule has 7 heteroatoms. The summed E-state index contributed by atoms with van der Waals surface area (Å²) in [5, 5.41) is 9.14. The van der Waals surface area contributed by atoms with E-state index < -0.39 is 5.56 Å². The molecule has 2 heterocycles. The Morgan fingerprint density at radius 2 is 2.26 bits per heavy atom. The molecular formula is C12H15ClN4O2. The van der Waals surface area contributed by atoms with Gasteiger partial charge in [0.15, 0.2) is 0 Å². The maximum atomic E-state index is 12.2. The number of carbonyl (C=O) groups is 1. The van der Waals surface area contributed by atoms with E-state index in [-0.39, 0.29) is 17.0 Å². The highest BCUT2D eigenvalue weighted by molar-refractivity contribution is 6.33. The van der Waals surface area contributed by atoms with Gasteiger partial charge in [0.2, 0.25) is 5.91 Å². The number of hydrogen-bond acceptors (Lipinski definition) is 4. The third-order valence-electron chi connectivity index (χ3n) is 3.57. The van der Waals surface area contributed by atoms with Crippen LogP contribution in [0.2, 0.25) is 5.02 Å². The molecule has 0 spiro atoms. The molecular weight excluding hydrogens is 268 g/mol. The standard InChI is InChI=1S/C12H15ClN4O2/c13-10-9(6-14-16-12(10)19)17-5-1-2-8(17)11(18)15-7-3-4-7/h6-8H,1-5H2,(H,15,18)(H,16,19). The molecule has 1 aromatic rings. The zero-order valence-electron chi connectivity index (χ0n) is 10.4. The maximum absolute atomic E-state index is 12.2. The molecule has 1 aromatic heterocycles. The quantitative estimate of drug-likeness (QED) is 0.854. The lowest BCUT2D eigenvalue weighted by Gasteiger charge is -2.26. The molecule has 1 atom stereocenters. The Bertz CT molecular complexity index is 555. The van der Waals surface area contributed by atoms with Crippen LogP contribution in [0.1, 0.15) is 25.7 Å². The number of nitrogens with one attached hydrogen (secondary N) is 2. The van der Waals surface area contributed by atoms with Crippen molar-refractivity contribution < 1.29 is 4.79 Å². The number of halogens is 1. The van der Waals surface area contributed by atoms with Crippen molar-refractivity contribution in [3.63, 3.8) is 0 Å². The Morgan fingerprint density at radius 1 is 1.47 bits per heavy atom. The van der Waals surface area contributed by atoms with E-state index in [0.29, 0.717) is 18.3 Å². The molecule has 0 bridgehead atoms. The van der Waals surface area contributed by atoms with E-state index in [4.69, 9.17) is 11.6 Å². The smallest absolute Gasteiger partial charge is 0.285 e. The molecule has 1 saturated heterocycles. The predicted octanol–water partition coefficient (Wildman–Crippen LogP) is 0.671. The van der Waals surface area contributed by atoms with E-state index in [2.05, 4.69) is 15.5 Å². The third kappa shape index (κ3) is 2.45. The van der Waals surface area contributed by atoms with Gasteiger partial charge in [-0.2, -0.15) is 5.10 Å². The van der Waals surface area contributed by atoms with E-state index in [1.165, 1.54) is 6.20 Å². The number of carbonyl (C=O) groups excluding carboxylic acids is 1. The molecule has 2 fully saturated rings. The van der Waals surface area contributed by atoms with E-state index >= 15 is 0 Å². The summed E-state index contributed by atoms with van der Waals surface area (Å²) in [6, 6.07) is 0.0874. The molecule has 1 aliphatic carbocycles. The minimum atomic E-state index is -0.424. The Labute approximate surface area is 115 Å². The number of nitrogens with zero attached hydrogens (tertiary/aromatic N) is 2. The highest BCUT2D eigenvalue weighted by Crippen LogP contribution is 2.29.